The van der Waals surface area contributed by atoms with Crippen LogP contribution in [0.5, 0.6) is 0 Å². The molecule has 26 heavy (non-hydrogen) atoms. The van der Waals surface area contributed by atoms with Crippen molar-refractivity contribution in [2.24, 2.45) is 22.7 Å². The molecule has 4 atom stereocenters. The minimum absolute atomic E-state index is 0.0134. The van der Waals surface area contributed by atoms with Gasteiger partial charge in [-0.2, -0.15) is 0 Å². The van der Waals surface area contributed by atoms with Gasteiger partial charge in [0.1, 0.15) is 6.10 Å². The van der Waals surface area contributed by atoms with Crippen LogP contribution in [0.1, 0.15) is 40.0 Å². The molecule has 0 heterocycles. The number of ether oxygens (including phenoxy) is 1. The summed E-state index contributed by atoms with van der Waals surface area (Å²) < 4.78 is 31.8. The molecule has 0 radical (unpaired) electrons. The molecule has 2 saturated carbocycles. The molecule has 6 heteroatoms. The number of carbonyl (C=O) groups excluding carboxylic acids is 1. The van der Waals surface area contributed by atoms with Crippen molar-refractivity contribution in [2.75, 3.05) is 11.6 Å². The molecule has 4 nitrogen and oxygen atoms in total. The highest BCUT2D eigenvalue weighted by Crippen LogP contribution is 2.68. The third-order valence-corrected chi connectivity index (χ3v) is 8.98. The normalized spacial score (nSPS) is 32.5. The van der Waals surface area contributed by atoms with E-state index in [1.807, 2.05) is 0 Å². The van der Waals surface area contributed by atoms with E-state index in [-0.39, 0.29) is 52.8 Å². The molecule has 1 aromatic carbocycles. The van der Waals surface area contributed by atoms with Crippen LogP contribution in [0.15, 0.2) is 35.2 Å². The Bertz CT molecular complexity index is 774. The minimum atomic E-state index is -3.44. The van der Waals surface area contributed by atoms with Crippen molar-refractivity contribution in [3.8, 4) is 0 Å². The highest BCUT2D eigenvalue weighted by Gasteiger charge is 2.68. The monoisotopic (exact) mass is 398 g/mol. The van der Waals surface area contributed by atoms with Crippen molar-refractivity contribution < 1.29 is 17.9 Å². The van der Waals surface area contributed by atoms with Gasteiger partial charge in [-0.25, -0.2) is 8.42 Å². The maximum absolute atomic E-state index is 13.0. The van der Waals surface area contributed by atoms with Crippen molar-refractivity contribution in [1.29, 1.82) is 0 Å². The van der Waals surface area contributed by atoms with Crippen molar-refractivity contribution in [3.05, 3.63) is 30.3 Å². The lowest BCUT2D eigenvalue weighted by molar-refractivity contribution is -0.159. The summed E-state index contributed by atoms with van der Waals surface area (Å²) in [6.45, 7) is 6.51. The van der Waals surface area contributed by atoms with Gasteiger partial charge in [0.2, 0.25) is 0 Å². The zero-order valence-corrected chi connectivity index (χ0v) is 17.1. The number of hydrogen-bond donors (Lipinski definition) is 0. The molecule has 0 spiro atoms. The lowest BCUT2D eigenvalue weighted by Crippen LogP contribution is -2.42. The molecule has 2 aliphatic carbocycles. The topological polar surface area (TPSA) is 60.4 Å². The van der Waals surface area contributed by atoms with Crippen LogP contribution in [0.3, 0.4) is 0 Å². The van der Waals surface area contributed by atoms with Crippen LogP contribution in [0.4, 0.5) is 0 Å². The number of esters is 1. The van der Waals surface area contributed by atoms with Crippen LogP contribution < -0.4 is 0 Å². The average molecular weight is 399 g/mol. The van der Waals surface area contributed by atoms with Gasteiger partial charge < -0.3 is 4.74 Å². The molecule has 2 fully saturated rings. The van der Waals surface area contributed by atoms with E-state index in [1.54, 1.807) is 30.3 Å². The first-order valence-electron chi connectivity index (χ1n) is 9.17. The van der Waals surface area contributed by atoms with E-state index >= 15 is 0 Å². The number of rotatable bonds is 6. The van der Waals surface area contributed by atoms with Crippen LogP contribution in [0, 0.1) is 22.7 Å². The molecule has 0 aliphatic heterocycles. The first-order chi connectivity index (χ1) is 12.1. The fourth-order valence-electron chi connectivity index (χ4n) is 5.18. The molecule has 0 N–H and O–H groups in total. The van der Waals surface area contributed by atoms with Gasteiger partial charge in [0, 0.05) is 17.2 Å². The first-order valence-corrected chi connectivity index (χ1v) is 11.4. The molecule has 0 amide bonds. The lowest BCUT2D eigenvalue weighted by atomic mass is 9.70. The summed E-state index contributed by atoms with van der Waals surface area (Å²) in [6, 6.07) is 8.53. The molecule has 0 unspecified atom stereocenters. The molecular weight excluding hydrogens is 372 g/mol. The van der Waals surface area contributed by atoms with Crippen LogP contribution in [0.25, 0.3) is 0 Å². The fourth-order valence-corrected chi connectivity index (χ4v) is 7.01. The van der Waals surface area contributed by atoms with E-state index in [0.29, 0.717) is 4.90 Å². The first kappa shape index (κ1) is 19.7. The maximum Gasteiger partial charge on any atom is 0.307 e. The summed E-state index contributed by atoms with van der Waals surface area (Å²) in [5, 5.41) is 0. The molecule has 2 bridgehead atoms. The summed E-state index contributed by atoms with van der Waals surface area (Å²) in [5.74, 6) is -0.0774. The third-order valence-electron chi connectivity index (χ3n) is 6.98. The Morgan fingerprint density at radius 2 is 1.88 bits per heavy atom. The van der Waals surface area contributed by atoms with Gasteiger partial charge >= 0.3 is 5.97 Å². The van der Waals surface area contributed by atoms with Crippen molar-refractivity contribution >= 4 is 27.4 Å². The molecule has 0 saturated heterocycles. The highest BCUT2D eigenvalue weighted by molar-refractivity contribution is 7.91. The second kappa shape index (κ2) is 6.83. The maximum atomic E-state index is 13.0. The van der Waals surface area contributed by atoms with E-state index in [9.17, 15) is 13.2 Å². The number of sulfone groups is 1. The zero-order chi connectivity index (χ0) is 19.2. The zero-order valence-electron chi connectivity index (χ0n) is 15.6. The summed E-state index contributed by atoms with van der Waals surface area (Å²) in [4.78, 5) is 12.5. The third kappa shape index (κ3) is 3.07. The highest BCUT2D eigenvalue weighted by atomic mass is 35.5. The Morgan fingerprint density at radius 1 is 1.23 bits per heavy atom. The Hall–Kier alpha value is -1.07. The molecule has 2 aliphatic rings. The SMILES string of the molecule is CC1(C)[C@@H]2CC[C@@]1(C)[C@H](OC(=O)CCCl)[C@@H]2CS(=O)(=O)c1ccccc1. The summed E-state index contributed by atoms with van der Waals surface area (Å²) in [7, 11) is -3.44. The van der Waals surface area contributed by atoms with Gasteiger partial charge in [-0.05, 0) is 36.3 Å². The van der Waals surface area contributed by atoms with E-state index in [1.165, 1.54) is 0 Å². The van der Waals surface area contributed by atoms with Gasteiger partial charge in [-0.15, -0.1) is 11.6 Å². The smallest absolute Gasteiger partial charge is 0.307 e. The van der Waals surface area contributed by atoms with Crippen molar-refractivity contribution in [2.45, 2.75) is 51.0 Å². The van der Waals surface area contributed by atoms with Crippen LogP contribution in [0.2, 0.25) is 0 Å². The molecule has 144 valence electrons. The molecule has 1 aromatic rings. The molecular formula is C20H27ClO4S. The van der Waals surface area contributed by atoms with Crippen LogP contribution in [-0.2, 0) is 19.4 Å². The second-order valence-electron chi connectivity index (χ2n) is 8.39. The van der Waals surface area contributed by atoms with Crippen LogP contribution >= 0.6 is 11.6 Å². The Kier molecular flexibility index (Phi) is 5.17. The van der Waals surface area contributed by atoms with Crippen LogP contribution in [-0.4, -0.2) is 32.1 Å². The van der Waals surface area contributed by atoms with Gasteiger partial charge in [0.25, 0.3) is 0 Å². The number of halogens is 1. The number of carbonyl (C=O) groups is 1. The quantitative estimate of drug-likeness (QED) is 0.535. The average Bonchev–Trinajstić information content (AvgIpc) is 2.89. The van der Waals surface area contributed by atoms with Gasteiger partial charge in [-0.3, -0.25) is 4.79 Å². The molecule has 3 rings (SSSR count). The summed E-state index contributed by atoms with van der Waals surface area (Å²) in [5.41, 5.74) is -0.285. The van der Waals surface area contributed by atoms with E-state index in [2.05, 4.69) is 20.8 Å². The number of alkyl halides is 1. The fraction of sp³-hybridized carbons (Fsp3) is 0.650. The number of benzene rings is 1. The standard InChI is InChI=1S/C20H27ClO4S/c1-19(2)16-9-11-20(19,3)18(25-17(22)10-12-21)15(16)13-26(23,24)14-7-5-4-6-8-14/h4-8,15-16,18H,9-13H2,1-3H3/t15-,16-,18-,20+/m1/s1. The van der Waals surface area contributed by atoms with Crippen molar-refractivity contribution in [3.63, 3.8) is 0 Å². The van der Waals surface area contributed by atoms with Crippen molar-refractivity contribution in [1.82, 2.24) is 0 Å². The Balaban J connectivity index is 1.92. The van der Waals surface area contributed by atoms with E-state index in [0.717, 1.165) is 12.8 Å². The number of hydrogen-bond acceptors (Lipinski definition) is 4. The van der Waals surface area contributed by atoms with Gasteiger partial charge in [0.15, 0.2) is 9.84 Å². The van der Waals surface area contributed by atoms with Gasteiger partial charge in [-0.1, -0.05) is 39.0 Å². The minimum Gasteiger partial charge on any atom is -0.461 e. The summed E-state index contributed by atoms with van der Waals surface area (Å²) in [6.07, 6.45) is 1.69. The predicted octanol–water partition coefficient (Wildman–Crippen LogP) is 4.07. The summed E-state index contributed by atoms with van der Waals surface area (Å²) >= 11 is 5.68. The number of fused-ring (bicyclic) bond motifs is 2. The lowest BCUT2D eigenvalue weighted by Gasteiger charge is -2.39. The molecule has 0 aromatic heterocycles. The Labute approximate surface area is 161 Å². The largest absolute Gasteiger partial charge is 0.461 e. The van der Waals surface area contributed by atoms with E-state index in [4.69, 9.17) is 16.3 Å². The second-order valence-corrected chi connectivity index (χ2v) is 10.8. The van der Waals surface area contributed by atoms with E-state index < -0.39 is 9.84 Å². The van der Waals surface area contributed by atoms with Gasteiger partial charge in [0.05, 0.1) is 17.1 Å². The predicted molar refractivity (Wildman–Crippen MR) is 102 cm³/mol. The Morgan fingerprint density at radius 3 is 2.50 bits per heavy atom.